The van der Waals surface area contributed by atoms with Gasteiger partial charge in [-0.1, -0.05) is 43.1 Å². The number of benzene rings is 1. The van der Waals surface area contributed by atoms with Crippen molar-refractivity contribution in [3.63, 3.8) is 0 Å². The average molecular weight is 571 g/mol. The summed E-state index contributed by atoms with van der Waals surface area (Å²) in [5.41, 5.74) is 2.57. The summed E-state index contributed by atoms with van der Waals surface area (Å²) in [4.78, 5) is 32.1. The predicted molar refractivity (Wildman–Crippen MR) is 158 cm³/mol. The number of H-pyrrole nitrogens is 1. The monoisotopic (exact) mass is 569 g/mol. The molecule has 2 aromatic heterocycles. The fraction of sp³-hybridized carbons (Fsp3) is 0.483. The summed E-state index contributed by atoms with van der Waals surface area (Å²) in [6, 6.07) is 8.54. The molecule has 1 amide bonds. The number of hydrogen-bond donors (Lipinski definition) is 2. The average Bonchev–Trinajstić information content (AvgIpc) is 3.49. The first-order chi connectivity index (χ1) is 18.9. The highest BCUT2D eigenvalue weighted by atomic mass is 35.5. The van der Waals surface area contributed by atoms with Crippen molar-refractivity contribution in [1.29, 1.82) is 0 Å². The second-order valence-corrected chi connectivity index (χ2v) is 11.5. The molecule has 0 unspecified atom stereocenters. The largest absolute Gasteiger partial charge is 0.355 e. The third kappa shape index (κ3) is 6.09. The number of carbonyl (C=O) groups is 1. The van der Waals surface area contributed by atoms with Crippen LogP contribution in [0.5, 0.6) is 0 Å². The van der Waals surface area contributed by atoms with Crippen LogP contribution in [0.4, 0.5) is 5.82 Å². The third-order valence-corrected chi connectivity index (χ3v) is 8.71. The van der Waals surface area contributed by atoms with Gasteiger partial charge in [-0.25, -0.2) is 9.97 Å². The number of carbonyl (C=O) groups excluding carboxylic acids is 1. The Morgan fingerprint density at radius 1 is 1.15 bits per heavy atom. The molecule has 39 heavy (non-hydrogen) atoms. The van der Waals surface area contributed by atoms with E-state index in [0.29, 0.717) is 33.6 Å². The van der Waals surface area contributed by atoms with Crippen LogP contribution in [0.1, 0.15) is 42.6 Å². The van der Waals surface area contributed by atoms with Gasteiger partial charge in [0.25, 0.3) is 5.91 Å². The number of anilines is 1. The number of halogens is 2. The van der Waals surface area contributed by atoms with Crippen molar-refractivity contribution in [2.75, 3.05) is 44.7 Å². The summed E-state index contributed by atoms with van der Waals surface area (Å²) < 4.78 is 0. The van der Waals surface area contributed by atoms with Gasteiger partial charge in [-0.2, -0.15) is 0 Å². The Balaban J connectivity index is 1.22. The minimum atomic E-state index is -0.0932. The van der Waals surface area contributed by atoms with Crippen LogP contribution in [0.15, 0.2) is 42.9 Å². The quantitative estimate of drug-likeness (QED) is 0.419. The topological polar surface area (TPSA) is 80.4 Å². The molecule has 2 aliphatic rings. The van der Waals surface area contributed by atoms with Gasteiger partial charge in [0.2, 0.25) is 0 Å². The summed E-state index contributed by atoms with van der Waals surface area (Å²) >= 11 is 12.9. The maximum absolute atomic E-state index is 12.4. The lowest BCUT2D eigenvalue weighted by atomic mass is 9.89. The molecule has 208 valence electrons. The normalized spacial score (nSPS) is 22.7. The first-order valence-electron chi connectivity index (χ1n) is 13.8. The van der Waals surface area contributed by atoms with Crippen molar-refractivity contribution in [2.24, 2.45) is 5.92 Å². The lowest BCUT2D eigenvalue weighted by Crippen LogP contribution is -2.60. The molecule has 2 aliphatic heterocycles. The number of aromatic amines is 1. The number of piperazine rings is 1. The van der Waals surface area contributed by atoms with E-state index in [0.717, 1.165) is 74.9 Å². The Bertz CT molecular complexity index is 1280. The molecular formula is C29H37Cl2N7O. The van der Waals surface area contributed by atoms with Gasteiger partial charge in [0.05, 0.1) is 5.02 Å². The van der Waals surface area contributed by atoms with Crippen LogP contribution in [0.25, 0.3) is 11.4 Å². The summed E-state index contributed by atoms with van der Waals surface area (Å²) in [6.07, 6.45) is 7.56. The molecule has 2 N–H and O–H groups in total. The van der Waals surface area contributed by atoms with Gasteiger partial charge < -0.3 is 15.2 Å². The maximum Gasteiger partial charge on any atom is 0.251 e. The Hall–Kier alpha value is -2.65. The Kier molecular flexibility index (Phi) is 8.76. The second kappa shape index (κ2) is 12.3. The maximum atomic E-state index is 12.4. The predicted octanol–water partition coefficient (Wildman–Crippen LogP) is 4.95. The number of amides is 1. The zero-order chi connectivity index (χ0) is 27.5. The fourth-order valence-electron chi connectivity index (χ4n) is 6.21. The summed E-state index contributed by atoms with van der Waals surface area (Å²) in [6.45, 7) is 10.2. The number of nitrogens with one attached hydrogen (secondary N) is 2. The number of imidazole rings is 1. The summed E-state index contributed by atoms with van der Waals surface area (Å²) in [5, 5.41) is 3.98. The number of hydrogen-bond acceptors (Lipinski definition) is 6. The van der Waals surface area contributed by atoms with Gasteiger partial charge in [-0.15, -0.1) is 0 Å². The molecule has 0 aliphatic carbocycles. The minimum Gasteiger partial charge on any atom is -0.355 e. The summed E-state index contributed by atoms with van der Waals surface area (Å²) in [7, 11) is 1.66. The van der Waals surface area contributed by atoms with E-state index in [4.69, 9.17) is 28.2 Å². The molecule has 2 fully saturated rings. The molecule has 3 aromatic rings. The number of aromatic nitrogens is 3. The van der Waals surface area contributed by atoms with Crippen molar-refractivity contribution < 1.29 is 4.79 Å². The van der Waals surface area contributed by atoms with Crippen molar-refractivity contribution in [1.82, 2.24) is 30.1 Å². The second-order valence-electron chi connectivity index (χ2n) is 10.7. The van der Waals surface area contributed by atoms with Crippen molar-refractivity contribution >= 4 is 34.9 Å². The van der Waals surface area contributed by atoms with Crippen molar-refractivity contribution in [3.05, 3.63) is 64.0 Å². The Labute approximate surface area is 240 Å². The van der Waals surface area contributed by atoms with Gasteiger partial charge >= 0.3 is 0 Å². The van der Waals surface area contributed by atoms with Gasteiger partial charge in [0.15, 0.2) is 0 Å². The van der Waals surface area contributed by atoms with Crippen molar-refractivity contribution in [3.8, 4) is 11.4 Å². The molecule has 1 aromatic carbocycles. The van der Waals surface area contributed by atoms with Gasteiger partial charge in [-0.05, 0) is 49.1 Å². The number of rotatable bonds is 7. The SMILES string of the molecule is CC[C@H]1CN(c2ncc(-c3ncc[nH]3)cc2Cl)CCN1[C@H]1CCN(Cc2ccc(Cl)cc2C(=O)NC)C[C@@H]1C. The molecule has 0 spiro atoms. The van der Waals surface area contributed by atoms with Gasteiger partial charge in [-0.3, -0.25) is 14.6 Å². The van der Waals surface area contributed by atoms with Crippen LogP contribution < -0.4 is 10.2 Å². The molecule has 2 saturated heterocycles. The molecule has 0 bridgehead atoms. The van der Waals surface area contributed by atoms with Crippen molar-refractivity contribution in [2.45, 2.75) is 45.3 Å². The van der Waals surface area contributed by atoms with Crippen LogP contribution in [0.2, 0.25) is 10.0 Å². The molecule has 8 nitrogen and oxygen atoms in total. The van der Waals surface area contributed by atoms with Crippen LogP contribution in [-0.2, 0) is 6.54 Å². The first kappa shape index (κ1) is 27.9. The van der Waals surface area contributed by atoms with Gasteiger partial charge in [0, 0.05) is 86.6 Å². The smallest absolute Gasteiger partial charge is 0.251 e. The Morgan fingerprint density at radius 3 is 2.69 bits per heavy atom. The molecule has 3 atom stereocenters. The highest BCUT2D eigenvalue weighted by Gasteiger charge is 2.37. The molecule has 0 saturated carbocycles. The lowest BCUT2D eigenvalue weighted by Gasteiger charge is -2.50. The highest BCUT2D eigenvalue weighted by Crippen LogP contribution is 2.33. The number of likely N-dealkylation sites (tertiary alicyclic amines) is 1. The van der Waals surface area contributed by atoms with E-state index in [2.05, 4.69) is 43.8 Å². The third-order valence-electron chi connectivity index (χ3n) is 8.20. The van der Waals surface area contributed by atoms with E-state index in [1.807, 2.05) is 24.4 Å². The molecule has 5 rings (SSSR count). The molecule has 4 heterocycles. The van der Waals surface area contributed by atoms with E-state index in [9.17, 15) is 4.79 Å². The van der Waals surface area contributed by atoms with Gasteiger partial charge in [0.1, 0.15) is 11.6 Å². The van der Waals surface area contributed by atoms with E-state index < -0.39 is 0 Å². The molecule has 0 radical (unpaired) electrons. The fourth-order valence-corrected chi connectivity index (χ4v) is 6.67. The van der Waals surface area contributed by atoms with Crippen LogP contribution in [-0.4, -0.2) is 82.5 Å². The summed E-state index contributed by atoms with van der Waals surface area (Å²) in [5.74, 6) is 2.05. The minimum absolute atomic E-state index is 0.0932. The standard InChI is InChI=1S/C29H37Cl2N7O/c1-4-23-18-37(28-25(31)13-21(15-35-28)27-33-8-9-34-27)11-12-38(23)26-7-10-36(16-19(26)2)17-20-5-6-22(30)14-24(20)29(39)32-3/h5-6,8-9,13-15,19,23,26H,4,7,10-12,16-18H2,1-3H3,(H,32,39)(H,33,34)/t19-,23-,26-/m0/s1. The molecule has 10 heteroatoms. The van der Waals surface area contributed by atoms with E-state index in [1.165, 1.54) is 0 Å². The molecular weight excluding hydrogens is 533 g/mol. The zero-order valence-corrected chi connectivity index (χ0v) is 24.3. The van der Waals surface area contributed by atoms with E-state index >= 15 is 0 Å². The van der Waals surface area contributed by atoms with Crippen LogP contribution in [0.3, 0.4) is 0 Å². The number of nitrogens with zero attached hydrogens (tertiary/aromatic N) is 5. The van der Waals surface area contributed by atoms with E-state index in [-0.39, 0.29) is 5.91 Å². The zero-order valence-electron chi connectivity index (χ0n) is 22.8. The number of piperidine rings is 1. The Morgan fingerprint density at radius 2 is 2.00 bits per heavy atom. The number of pyridine rings is 1. The van der Waals surface area contributed by atoms with Crippen LogP contribution >= 0.6 is 23.2 Å². The van der Waals surface area contributed by atoms with Crippen LogP contribution in [0, 0.1) is 5.92 Å². The van der Waals surface area contributed by atoms with E-state index in [1.54, 1.807) is 25.5 Å². The first-order valence-corrected chi connectivity index (χ1v) is 14.5. The highest BCUT2D eigenvalue weighted by molar-refractivity contribution is 6.33. The lowest BCUT2D eigenvalue weighted by molar-refractivity contribution is 0.0256.